The molecule has 0 aliphatic heterocycles. The number of nitrogens with zero attached hydrogens (tertiary/aromatic N) is 9. The molecule has 0 atom stereocenters. The normalized spacial score (nSPS) is 11.3. The van der Waals surface area contributed by atoms with Crippen molar-refractivity contribution < 1.29 is 0 Å². The van der Waals surface area contributed by atoms with E-state index in [0.29, 0.717) is 18.3 Å². The summed E-state index contributed by atoms with van der Waals surface area (Å²) in [5.74, 6) is 1.09. The first kappa shape index (κ1) is 23.3. The summed E-state index contributed by atoms with van der Waals surface area (Å²) in [6, 6.07) is 9.93. The Morgan fingerprint density at radius 2 is 1.83 bits per heavy atom. The van der Waals surface area contributed by atoms with E-state index in [0.717, 1.165) is 60.2 Å². The summed E-state index contributed by atoms with van der Waals surface area (Å²) in [4.78, 5) is 18.0. The average molecular weight is 485 g/mol. The van der Waals surface area contributed by atoms with Crippen molar-refractivity contribution in [3.05, 3.63) is 77.0 Å². The standard InChI is InChI=1S/C25H28N10O/c1-3-5-6-21-16-35(24-30-27-17-33(24)13-4-2)25(36)34(21)15-20-14-26-12-11-22(20)18-7-9-19(10-8-18)23-28-31-32-29-23/h7-12,14,16-17H,3-6,13,15H2,1-2H3,(H,28,29,31,32). The van der Waals surface area contributed by atoms with E-state index < -0.39 is 0 Å². The third-order valence-electron chi connectivity index (χ3n) is 6.15. The molecule has 5 aromatic rings. The Morgan fingerprint density at radius 1 is 1.00 bits per heavy atom. The summed E-state index contributed by atoms with van der Waals surface area (Å²) in [7, 11) is 0. The second-order valence-corrected chi connectivity index (χ2v) is 8.63. The topological polar surface area (TPSA) is 125 Å². The van der Waals surface area contributed by atoms with Gasteiger partial charge in [-0.15, -0.1) is 20.4 Å². The van der Waals surface area contributed by atoms with Crippen molar-refractivity contribution in [2.24, 2.45) is 0 Å². The number of imidazole rings is 1. The van der Waals surface area contributed by atoms with Crippen LogP contribution < -0.4 is 5.69 Å². The Labute approximate surface area is 207 Å². The molecule has 0 amide bonds. The van der Waals surface area contributed by atoms with E-state index in [1.54, 1.807) is 17.1 Å². The highest BCUT2D eigenvalue weighted by Crippen LogP contribution is 2.26. The fourth-order valence-electron chi connectivity index (χ4n) is 4.32. The number of aromatic nitrogens is 10. The molecule has 11 nitrogen and oxygen atoms in total. The zero-order chi connectivity index (χ0) is 24.9. The van der Waals surface area contributed by atoms with Gasteiger partial charge in [-0.2, -0.15) is 5.21 Å². The number of unbranched alkanes of at least 4 members (excludes halogenated alkanes) is 1. The molecular formula is C25H28N10O. The van der Waals surface area contributed by atoms with Crippen molar-refractivity contribution in [2.45, 2.75) is 52.6 Å². The van der Waals surface area contributed by atoms with Gasteiger partial charge in [-0.3, -0.25) is 14.1 Å². The number of H-pyrrole nitrogens is 1. The van der Waals surface area contributed by atoms with E-state index in [1.165, 1.54) is 0 Å². The molecule has 0 saturated carbocycles. The average Bonchev–Trinajstić information content (AvgIpc) is 3.66. The van der Waals surface area contributed by atoms with Crippen LogP contribution in [0.15, 0.2) is 60.0 Å². The van der Waals surface area contributed by atoms with Crippen molar-refractivity contribution in [1.29, 1.82) is 0 Å². The van der Waals surface area contributed by atoms with Gasteiger partial charge in [-0.05, 0) is 47.2 Å². The van der Waals surface area contributed by atoms with Crippen molar-refractivity contribution in [3.63, 3.8) is 0 Å². The number of aromatic amines is 1. The third-order valence-corrected chi connectivity index (χ3v) is 6.15. The van der Waals surface area contributed by atoms with E-state index in [1.807, 2.05) is 51.9 Å². The Kier molecular flexibility index (Phi) is 6.78. The Hall–Kier alpha value is -4.41. The molecule has 0 radical (unpaired) electrons. The lowest BCUT2D eigenvalue weighted by Crippen LogP contribution is -2.26. The maximum atomic E-state index is 13.6. The minimum atomic E-state index is -0.131. The third kappa shape index (κ3) is 4.59. The molecule has 5 rings (SSSR count). The molecule has 0 bridgehead atoms. The molecule has 184 valence electrons. The number of pyridine rings is 1. The van der Waals surface area contributed by atoms with Gasteiger partial charge in [0.15, 0.2) is 0 Å². The van der Waals surface area contributed by atoms with E-state index >= 15 is 0 Å². The van der Waals surface area contributed by atoms with Gasteiger partial charge in [0.2, 0.25) is 11.8 Å². The number of rotatable bonds is 10. The van der Waals surface area contributed by atoms with Crippen LogP contribution in [0.1, 0.15) is 44.4 Å². The van der Waals surface area contributed by atoms with Crippen molar-refractivity contribution in [1.82, 2.24) is 49.5 Å². The summed E-state index contributed by atoms with van der Waals surface area (Å²) >= 11 is 0. The second kappa shape index (κ2) is 10.5. The molecule has 11 heteroatoms. The van der Waals surface area contributed by atoms with Crippen LogP contribution in [0.5, 0.6) is 0 Å². The van der Waals surface area contributed by atoms with Gasteiger partial charge in [-0.1, -0.05) is 44.5 Å². The predicted molar refractivity (Wildman–Crippen MR) is 134 cm³/mol. The summed E-state index contributed by atoms with van der Waals surface area (Å²) in [6.45, 7) is 5.39. The summed E-state index contributed by atoms with van der Waals surface area (Å²) in [5.41, 5.74) is 4.69. The van der Waals surface area contributed by atoms with E-state index in [9.17, 15) is 4.79 Å². The number of aryl methyl sites for hydroxylation is 2. The molecule has 0 aliphatic carbocycles. The number of benzene rings is 1. The summed E-state index contributed by atoms with van der Waals surface area (Å²) < 4.78 is 5.36. The van der Waals surface area contributed by atoms with Crippen LogP contribution in [0.4, 0.5) is 0 Å². The van der Waals surface area contributed by atoms with Crippen LogP contribution in [0.2, 0.25) is 0 Å². The zero-order valence-electron chi connectivity index (χ0n) is 20.4. The maximum Gasteiger partial charge on any atom is 0.335 e. The minimum Gasteiger partial charge on any atom is -0.299 e. The van der Waals surface area contributed by atoms with Gasteiger partial charge < -0.3 is 0 Å². The smallest absolute Gasteiger partial charge is 0.299 e. The molecule has 0 fully saturated rings. The molecule has 0 spiro atoms. The van der Waals surface area contributed by atoms with Crippen molar-refractivity contribution in [3.8, 4) is 28.5 Å². The maximum absolute atomic E-state index is 13.6. The van der Waals surface area contributed by atoms with Gasteiger partial charge in [0, 0.05) is 36.4 Å². The highest BCUT2D eigenvalue weighted by atomic mass is 16.2. The molecule has 4 aromatic heterocycles. The molecule has 1 N–H and O–H groups in total. The Morgan fingerprint density at radius 3 is 2.58 bits per heavy atom. The molecular weight excluding hydrogens is 456 g/mol. The lowest BCUT2D eigenvalue weighted by Gasteiger charge is -2.12. The Bertz CT molecular complexity index is 1480. The molecule has 0 unspecified atom stereocenters. The summed E-state index contributed by atoms with van der Waals surface area (Å²) in [6.07, 6.45) is 10.9. The van der Waals surface area contributed by atoms with E-state index in [-0.39, 0.29) is 5.69 Å². The van der Waals surface area contributed by atoms with E-state index in [4.69, 9.17) is 0 Å². The minimum absolute atomic E-state index is 0.131. The highest BCUT2D eigenvalue weighted by molar-refractivity contribution is 5.69. The summed E-state index contributed by atoms with van der Waals surface area (Å²) in [5, 5.41) is 22.5. The van der Waals surface area contributed by atoms with Crippen molar-refractivity contribution >= 4 is 0 Å². The zero-order valence-corrected chi connectivity index (χ0v) is 20.4. The van der Waals surface area contributed by atoms with Crippen LogP contribution >= 0.6 is 0 Å². The van der Waals surface area contributed by atoms with Crippen LogP contribution in [-0.4, -0.2) is 49.5 Å². The first-order valence-corrected chi connectivity index (χ1v) is 12.2. The van der Waals surface area contributed by atoms with Gasteiger partial charge in [0.05, 0.1) is 6.54 Å². The SMILES string of the molecule is CCCCc1cn(-c2nncn2CCC)c(=O)n1Cc1cnccc1-c1ccc(-c2nn[nH]n2)cc1. The first-order valence-electron chi connectivity index (χ1n) is 12.2. The first-order chi connectivity index (χ1) is 17.7. The lowest BCUT2D eigenvalue weighted by atomic mass is 10.00. The Balaban J connectivity index is 1.52. The fraction of sp³-hybridized carbons (Fsp3) is 0.320. The van der Waals surface area contributed by atoms with Crippen LogP contribution in [0, 0.1) is 0 Å². The van der Waals surface area contributed by atoms with Crippen LogP contribution in [-0.2, 0) is 19.5 Å². The largest absolute Gasteiger partial charge is 0.335 e. The van der Waals surface area contributed by atoms with Crippen molar-refractivity contribution in [2.75, 3.05) is 0 Å². The second-order valence-electron chi connectivity index (χ2n) is 8.63. The molecule has 0 saturated heterocycles. The fourth-order valence-corrected chi connectivity index (χ4v) is 4.32. The van der Waals surface area contributed by atoms with Crippen LogP contribution in [0.25, 0.3) is 28.5 Å². The van der Waals surface area contributed by atoms with E-state index in [2.05, 4.69) is 49.7 Å². The van der Waals surface area contributed by atoms with Gasteiger partial charge in [0.25, 0.3) is 0 Å². The van der Waals surface area contributed by atoms with Gasteiger partial charge >= 0.3 is 5.69 Å². The number of hydrogen-bond donors (Lipinski definition) is 1. The molecule has 0 aliphatic rings. The lowest BCUT2D eigenvalue weighted by molar-refractivity contribution is 0.637. The number of hydrogen-bond acceptors (Lipinski definition) is 7. The predicted octanol–water partition coefficient (Wildman–Crippen LogP) is 3.27. The number of tetrazole rings is 1. The van der Waals surface area contributed by atoms with Gasteiger partial charge in [0.1, 0.15) is 6.33 Å². The highest BCUT2D eigenvalue weighted by Gasteiger charge is 2.18. The number of nitrogens with one attached hydrogen (secondary N) is 1. The monoisotopic (exact) mass is 484 g/mol. The molecule has 1 aromatic carbocycles. The van der Waals surface area contributed by atoms with Crippen LogP contribution in [0.3, 0.4) is 0 Å². The van der Waals surface area contributed by atoms with Gasteiger partial charge in [-0.25, -0.2) is 9.36 Å². The molecule has 36 heavy (non-hydrogen) atoms. The molecule has 4 heterocycles. The quantitative estimate of drug-likeness (QED) is 0.322.